The Labute approximate surface area is 95.2 Å². The first kappa shape index (κ1) is 10.7. The molecule has 1 aromatic rings. The summed E-state index contributed by atoms with van der Waals surface area (Å²) >= 11 is 0. The Morgan fingerprint density at radius 3 is 2.31 bits per heavy atom. The van der Waals surface area contributed by atoms with E-state index in [4.69, 9.17) is 4.74 Å². The van der Waals surface area contributed by atoms with Crippen molar-refractivity contribution in [2.45, 2.75) is 18.9 Å². The Morgan fingerprint density at radius 1 is 1.06 bits per heavy atom. The van der Waals surface area contributed by atoms with Gasteiger partial charge in [-0.05, 0) is 12.1 Å². The maximum atomic E-state index is 11.8. The largest absolute Gasteiger partial charge is 0.458 e. The summed E-state index contributed by atoms with van der Waals surface area (Å²) in [6, 6.07) is 9.09. The van der Waals surface area contributed by atoms with Gasteiger partial charge in [-0.25, -0.2) is 4.79 Å². The monoisotopic (exact) mass is 214 g/mol. The molecule has 0 unspecified atom stereocenters. The molecule has 1 aromatic carbocycles. The maximum absolute atomic E-state index is 11.8. The molecule has 0 spiro atoms. The average molecular weight is 214 g/mol. The van der Waals surface area contributed by atoms with E-state index in [-0.39, 0.29) is 12.1 Å². The van der Waals surface area contributed by atoms with Gasteiger partial charge in [0.15, 0.2) is 0 Å². The van der Waals surface area contributed by atoms with Crippen LogP contribution in [-0.2, 0) is 4.74 Å². The van der Waals surface area contributed by atoms with Crippen molar-refractivity contribution < 1.29 is 9.53 Å². The van der Waals surface area contributed by atoms with Gasteiger partial charge in [0.05, 0.1) is 5.56 Å². The number of hydrogen-bond donors (Lipinski definition) is 0. The van der Waals surface area contributed by atoms with Crippen LogP contribution >= 0.6 is 0 Å². The van der Waals surface area contributed by atoms with E-state index < -0.39 is 0 Å². The van der Waals surface area contributed by atoms with Gasteiger partial charge in [0.2, 0.25) is 0 Å². The first-order valence-electron chi connectivity index (χ1n) is 5.44. The topological polar surface area (TPSA) is 26.3 Å². The zero-order valence-electron chi connectivity index (χ0n) is 9.00. The minimum absolute atomic E-state index is 0.0392. The summed E-state index contributed by atoms with van der Waals surface area (Å²) in [5.74, 6) is -0.241. The third kappa shape index (κ3) is 2.83. The van der Waals surface area contributed by atoms with E-state index in [0.717, 1.165) is 12.8 Å². The van der Waals surface area contributed by atoms with Crippen molar-refractivity contribution in [1.82, 2.24) is 0 Å². The molecule has 0 fully saturated rings. The van der Waals surface area contributed by atoms with Gasteiger partial charge in [-0.3, -0.25) is 0 Å². The number of allylic oxidation sites excluding steroid dienone is 2. The molecule has 2 rings (SSSR count). The number of carbonyl (C=O) groups excluding carboxylic acids is 1. The fourth-order valence-corrected chi connectivity index (χ4v) is 1.60. The van der Waals surface area contributed by atoms with Crippen molar-refractivity contribution in [2.75, 3.05) is 0 Å². The van der Waals surface area contributed by atoms with Gasteiger partial charge in [-0.15, -0.1) is 0 Å². The van der Waals surface area contributed by atoms with E-state index in [2.05, 4.69) is 0 Å². The Morgan fingerprint density at radius 2 is 1.69 bits per heavy atom. The van der Waals surface area contributed by atoms with E-state index in [1.54, 1.807) is 12.1 Å². The molecule has 2 nitrogen and oxygen atoms in total. The zero-order valence-corrected chi connectivity index (χ0v) is 9.00. The number of hydrogen-bond acceptors (Lipinski definition) is 2. The summed E-state index contributed by atoms with van der Waals surface area (Å²) in [6.45, 7) is 0. The number of carbonyl (C=O) groups is 1. The quantitative estimate of drug-likeness (QED) is 0.707. The van der Waals surface area contributed by atoms with Crippen LogP contribution in [0.3, 0.4) is 0 Å². The van der Waals surface area contributed by atoms with Gasteiger partial charge in [0, 0.05) is 12.8 Å². The van der Waals surface area contributed by atoms with E-state index in [1.807, 2.05) is 42.5 Å². The second kappa shape index (κ2) is 5.31. The lowest BCUT2D eigenvalue weighted by molar-refractivity contribution is 0.0316. The minimum atomic E-state index is -0.241. The Bertz CT molecular complexity index is 390. The van der Waals surface area contributed by atoms with Crippen LogP contribution in [0.2, 0.25) is 0 Å². The van der Waals surface area contributed by atoms with Crippen molar-refractivity contribution in [3.63, 3.8) is 0 Å². The predicted octanol–water partition coefficient (Wildman–Crippen LogP) is 3.12. The summed E-state index contributed by atoms with van der Waals surface area (Å²) in [5, 5.41) is 0. The summed E-state index contributed by atoms with van der Waals surface area (Å²) in [7, 11) is 0. The van der Waals surface area contributed by atoms with Gasteiger partial charge in [0.1, 0.15) is 6.10 Å². The van der Waals surface area contributed by atoms with Gasteiger partial charge in [0.25, 0.3) is 0 Å². The average Bonchev–Trinajstić information content (AvgIpc) is 2.59. The van der Waals surface area contributed by atoms with E-state index in [9.17, 15) is 4.79 Å². The zero-order chi connectivity index (χ0) is 11.2. The molecule has 0 aliphatic heterocycles. The Balaban J connectivity index is 1.97. The standard InChI is InChI=1S/C14H14O2/c15-14(12-8-4-3-5-9-12)16-13-10-6-1-2-7-11-13/h1-9,13H,10-11H2. The minimum Gasteiger partial charge on any atom is -0.458 e. The van der Waals surface area contributed by atoms with Gasteiger partial charge in [-0.1, -0.05) is 42.5 Å². The van der Waals surface area contributed by atoms with Crippen LogP contribution in [0.25, 0.3) is 0 Å². The molecule has 16 heavy (non-hydrogen) atoms. The SMILES string of the molecule is O=C(OC1CC=CC=CC1)c1ccccc1. The first-order valence-corrected chi connectivity index (χ1v) is 5.44. The summed E-state index contributed by atoms with van der Waals surface area (Å²) in [6.07, 6.45) is 9.53. The van der Waals surface area contributed by atoms with Crippen LogP contribution in [0.4, 0.5) is 0 Å². The van der Waals surface area contributed by atoms with Gasteiger partial charge >= 0.3 is 5.97 Å². The van der Waals surface area contributed by atoms with Crippen molar-refractivity contribution in [3.05, 3.63) is 60.2 Å². The highest BCUT2D eigenvalue weighted by Crippen LogP contribution is 2.12. The molecule has 0 saturated heterocycles. The van der Waals surface area contributed by atoms with Crippen molar-refractivity contribution in [3.8, 4) is 0 Å². The molecule has 0 heterocycles. The van der Waals surface area contributed by atoms with Crippen LogP contribution in [-0.4, -0.2) is 12.1 Å². The Hall–Kier alpha value is -1.83. The molecule has 0 amide bonds. The molecular weight excluding hydrogens is 200 g/mol. The van der Waals surface area contributed by atoms with Crippen LogP contribution in [0, 0.1) is 0 Å². The van der Waals surface area contributed by atoms with Gasteiger partial charge in [-0.2, -0.15) is 0 Å². The lowest BCUT2D eigenvalue weighted by Gasteiger charge is -2.13. The third-order valence-electron chi connectivity index (χ3n) is 2.46. The lowest BCUT2D eigenvalue weighted by atomic mass is 10.2. The highest BCUT2D eigenvalue weighted by molar-refractivity contribution is 5.89. The molecule has 0 saturated carbocycles. The number of esters is 1. The van der Waals surface area contributed by atoms with Gasteiger partial charge < -0.3 is 4.74 Å². The highest BCUT2D eigenvalue weighted by Gasteiger charge is 2.14. The fourth-order valence-electron chi connectivity index (χ4n) is 1.60. The van der Waals surface area contributed by atoms with Crippen molar-refractivity contribution in [2.24, 2.45) is 0 Å². The molecule has 0 N–H and O–H groups in total. The molecule has 1 aliphatic rings. The number of rotatable bonds is 2. The molecule has 1 aliphatic carbocycles. The summed E-state index contributed by atoms with van der Waals surface area (Å²) < 4.78 is 5.42. The Kier molecular flexibility index (Phi) is 3.54. The van der Waals surface area contributed by atoms with Crippen LogP contribution in [0.5, 0.6) is 0 Å². The van der Waals surface area contributed by atoms with E-state index in [0.29, 0.717) is 5.56 Å². The van der Waals surface area contributed by atoms with Crippen LogP contribution in [0.1, 0.15) is 23.2 Å². The van der Waals surface area contributed by atoms with Crippen LogP contribution < -0.4 is 0 Å². The smallest absolute Gasteiger partial charge is 0.338 e. The number of ether oxygens (including phenoxy) is 1. The van der Waals surface area contributed by atoms with Crippen LogP contribution in [0.15, 0.2) is 54.6 Å². The molecule has 0 bridgehead atoms. The summed E-state index contributed by atoms with van der Waals surface area (Å²) in [4.78, 5) is 11.8. The molecule has 2 heteroatoms. The number of benzene rings is 1. The second-order valence-corrected chi connectivity index (χ2v) is 3.72. The molecule has 82 valence electrons. The molecule has 0 radical (unpaired) electrons. The van der Waals surface area contributed by atoms with E-state index in [1.165, 1.54) is 0 Å². The van der Waals surface area contributed by atoms with E-state index >= 15 is 0 Å². The molecular formula is C14H14O2. The predicted molar refractivity (Wildman–Crippen MR) is 63.2 cm³/mol. The van der Waals surface area contributed by atoms with Crippen molar-refractivity contribution >= 4 is 5.97 Å². The fraction of sp³-hybridized carbons (Fsp3) is 0.214. The molecule has 0 atom stereocenters. The third-order valence-corrected chi connectivity index (χ3v) is 2.46. The second-order valence-electron chi connectivity index (χ2n) is 3.72. The summed E-state index contributed by atoms with van der Waals surface area (Å²) in [5.41, 5.74) is 0.611. The van der Waals surface area contributed by atoms with Crippen molar-refractivity contribution in [1.29, 1.82) is 0 Å². The first-order chi connectivity index (χ1) is 7.86. The normalized spacial score (nSPS) is 15.8. The molecule has 0 aromatic heterocycles. The lowest BCUT2D eigenvalue weighted by Crippen LogP contribution is -2.16. The highest BCUT2D eigenvalue weighted by atomic mass is 16.5. The maximum Gasteiger partial charge on any atom is 0.338 e.